The minimum Gasteiger partial charge on any atom is -0.495 e. The van der Waals surface area contributed by atoms with Crippen molar-refractivity contribution in [2.45, 2.75) is 46.0 Å². The Kier molecular flexibility index (Phi) is 4.33. The quantitative estimate of drug-likeness (QED) is 0.786. The third-order valence-corrected chi connectivity index (χ3v) is 5.55. The SMILES string of the molecule is COc1ccc(F)cc1N1CCC2(CC1)CC(CC(C)C)C2. The first kappa shape index (κ1) is 15.6. The van der Waals surface area contributed by atoms with Crippen molar-refractivity contribution in [2.75, 3.05) is 25.1 Å². The molecule has 0 amide bonds. The molecule has 1 aromatic rings. The molecule has 2 aliphatic rings. The maximum atomic E-state index is 13.6. The molecule has 0 unspecified atom stereocenters. The van der Waals surface area contributed by atoms with Crippen LogP contribution in [-0.2, 0) is 0 Å². The van der Waals surface area contributed by atoms with Gasteiger partial charge in [0.1, 0.15) is 11.6 Å². The highest BCUT2D eigenvalue weighted by molar-refractivity contribution is 5.59. The Bertz CT molecular complexity index is 512. The van der Waals surface area contributed by atoms with Crippen LogP contribution in [0.2, 0.25) is 0 Å². The van der Waals surface area contributed by atoms with Crippen LogP contribution in [0.1, 0.15) is 46.0 Å². The fraction of sp³-hybridized carbons (Fsp3) is 0.684. The highest BCUT2D eigenvalue weighted by atomic mass is 19.1. The highest BCUT2D eigenvalue weighted by Crippen LogP contribution is 2.54. The third-order valence-electron chi connectivity index (χ3n) is 5.55. The summed E-state index contributed by atoms with van der Waals surface area (Å²) in [5.41, 5.74) is 1.49. The van der Waals surface area contributed by atoms with Crippen molar-refractivity contribution in [1.29, 1.82) is 0 Å². The van der Waals surface area contributed by atoms with E-state index in [1.807, 2.05) is 0 Å². The van der Waals surface area contributed by atoms with Gasteiger partial charge in [0, 0.05) is 19.2 Å². The first-order valence-electron chi connectivity index (χ1n) is 8.60. The van der Waals surface area contributed by atoms with Gasteiger partial charge in [-0.25, -0.2) is 4.39 Å². The van der Waals surface area contributed by atoms with E-state index in [1.54, 1.807) is 19.2 Å². The van der Waals surface area contributed by atoms with Crippen LogP contribution in [0.3, 0.4) is 0 Å². The van der Waals surface area contributed by atoms with Crippen LogP contribution in [0.5, 0.6) is 5.75 Å². The molecule has 1 spiro atoms. The smallest absolute Gasteiger partial charge is 0.142 e. The van der Waals surface area contributed by atoms with E-state index in [9.17, 15) is 4.39 Å². The molecular weight excluding hydrogens is 277 g/mol. The molecule has 1 saturated carbocycles. The lowest BCUT2D eigenvalue weighted by molar-refractivity contribution is 0.0172. The summed E-state index contributed by atoms with van der Waals surface area (Å²) in [6, 6.07) is 4.81. The molecule has 3 rings (SSSR count). The lowest BCUT2D eigenvalue weighted by atomic mass is 9.56. The van der Waals surface area contributed by atoms with Crippen LogP contribution < -0.4 is 9.64 Å². The molecule has 2 fully saturated rings. The largest absolute Gasteiger partial charge is 0.495 e. The fourth-order valence-electron chi connectivity index (χ4n) is 4.54. The molecule has 2 nitrogen and oxygen atoms in total. The molecule has 3 heteroatoms. The standard InChI is InChI=1S/C19H28FNO/c1-14(2)10-15-12-19(13-15)6-8-21(9-7-19)17-11-16(20)4-5-18(17)22-3/h4-5,11,14-15H,6-10,12-13H2,1-3H3. The molecule has 1 heterocycles. The second-order valence-electron chi connectivity index (χ2n) is 7.71. The van der Waals surface area contributed by atoms with E-state index >= 15 is 0 Å². The average Bonchev–Trinajstić information content (AvgIpc) is 2.46. The maximum absolute atomic E-state index is 13.6. The van der Waals surface area contributed by atoms with E-state index in [1.165, 1.54) is 38.2 Å². The molecule has 1 aliphatic carbocycles. The zero-order valence-electron chi connectivity index (χ0n) is 14.1. The summed E-state index contributed by atoms with van der Waals surface area (Å²) in [5.74, 6) is 2.36. The van der Waals surface area contributed by atoms with Crippen LogP contribution in [-0.4, -0.2) is 20.2 Å². The number of piperidine rings is 1. The van der Waals surface area contributed by atoms with E-state index in [4.69, 9.17) is 4.74 Å². The van der Waals surface area contributed by atoms with Gasteiger partial charge in [0.2, 0.25) is 0 Å². The van der Waals surface area contributed by atoms with E-state index in [-0.39, 0.29) is 5.82 Å². The lowest BCUT2D eigenvalue weighted by Gasteiger charge is -2.53. The van der Waals surface area contributed by atoms with Crippen molar-refractivity contribution in [2.24, 2.45) is 17.3 Å². The molecule has 1 saturated heterocycles. The minimum atomic E-state index is -0.184. The van der Waals surface area contributed by atoms with Gasteiger partial charge in [-0.05, 0) is 61.5 Å². The Morgan fingerprint density at radius 3 is 2.55 bits per heavy atom. The summed E-state index contributed by atoms with van der Waals surface area (Å²) in [6.45, 7) is 6.69. The number of benzene rings is 1. The average molecular weight is 305 g/mol. The summed E-state index contributed by atoms with van der Waals surface area (Å²) in [5, 5.41) is 0. The summed E-state index contributed by atoms with van der Waals surface area (Å²) < 4.78 is 19.0. The maximum Gasteiger partial charge on any atom is 0.142 e. The van der Waals surface area contributed by atoms with Crippen molar-refractivity contribution in [3.8, 4) is 5.75 Å². The van der Waals surface area contributed by atoms with Gasteiger partial charge >= 0.3 is 0 Å². The minimum absolute atomic E-state index is 0.184. The van der Waals surface area contributed by atoms with Crippen LogP contribution in [0, 0.1) is 23.1 Å². The first-order valence-corrected chi connectivity index (χ1v) is 8.60. The summed E-state index contributed by atoms with van der Waals surface area (Å²) in [4.78, 5) is 2.29. The zero-order chi connectivity index (χ0) is 15.7. The van der Waals surface area contributed by atoms with Gasteiger partial charge in [-0.1, -0.05) is 13.8 Å². The Hall–Kier alpha value is -1.25. The lowest BCUT2D eigenvalue weighted by Crippen LogP contribution is -2.47. The number of nitrogens with zero attached hydrogens (tertiary/aromatic N) is 1. The molecule has 0 atom stereocenters. The van der Waals surface area contributed by atoms with Crippen molar-refractivity contribution in [3.05, 3.63) is 24.0 Å². The highest BCUT2D eigenvalue weighted by Gasteiger charge is 2.45. The van der Waals surface area contributed by atoms with Crippen molar-refractivity contribution in [3.63, 3.8) is 0 Å². The monoisotopic (exact) mass is 305 g/mol. The van der Waals surface area contributed by atoms with E-state index in [2.05, 4.69) is 18.7 Å². The summed E-state index contributed by atoms with van der Waals surface area (Å²) >= 11 is 0. The molecule has 0 bridgehead atoms. The summed E-state index contributed by atoms with van der Waals surface area (Å²) in [6.07, 6.45) is 6.66. The van der Waals surface area contributed by atoms with Crippen LogP contribution >= 0.6 is 0 Å². The number of hydrogen-bond donors (Lipinski definition) is 0. The molecule has 122 valence electrons. The number of halogens is 1. The number of rotatable bonds is 4. The Morgan fingerprint density at radius 2 is 1.95 bits per heavy atom. The van der Waals surface area contributed by atoms with Crippen molar-refractivity contribution >= 4 is 5.69 Å². The fourth-order valence-corrected chi connectivity index (χ4v) is 4.54. The van der Waals surface area contributed by atoms with Crippen LogP contribution in [0.15, 0.2) is 18.2 Å². The third kappa shape index (κ3) is 3.09. The van der Waals surface area contributed by atoms with E-state index in [0.29, 0.717) is 5.41 Å². The number of methoxy groups -OCH3 is 1. The predicted molar refractivity (Wildman–Crippen MR) is 89.0 cm³/mol. The van der Waals surface area contributed by atoms with Gasteiger partial charge in [-0.15, -0.1) is 0 Å². The van der Waals surface area contributed by atoms with E-state index in [0.717, 1.165) is 36.4 Å². The normalized spacial score (nSPS) is 21.2. The summed E-state index contributed by atoms with van der Waals surface area (Å²) in [7, 11) is 1.66. The van der Waals surface area contributed by atoms with Gasteiger partial charge in [0.05, 0.1) is 12.8 Å². The van der Waals surface area contributed by atoms with Gasteiger partial charge < -0.3 is 9.64 Å². The molecule has 0 aromatic heterocycles. The molecule has 0 radical (unpaired) electrons. The zero-order valence-corrected chi connectivity index (χ0v) is 14.1. The molecular formula is C19H28FNO. The van der Waals surface area contributed by atoms with Crippen LogP contribution in [0.25, 0.3) is 0 Å². The topological polar surface area (TPSA) is 12.5 Å². The Labute approximate surface area is 133 Å². The number of anilines is 1. The predicted octanol–water partition coefficient (Wildman–Crippen LogP) is 4.88. The number of hydrogen-bond acceptors (Lipinski definition) is 2. The van der Waals surface area contributed by atoms with Gasteiger partial charge in [0.25, 0.3) is 0 Å². The van der Waals surface area contributed by atoms with Gasteiger partial charge in [0.15, 0.2) is 0 Å². The molecule has 1 aromatic carbocycles. The molecule has 1 aliphatic heterocycles. The first-order chi connectivity index (χ1) is 10.5. The van der Waals surface area contributed by atoms with Crippen molar-refractivity contribution in [1.82, 2.24) is 0 Å². The van der Waals surface area contributed by atoms with Gasteiger partial charge in [-0.3, -0.25) is 0 Å². The second-order valence-corrected chi connectivity index (χ2v) is 7.71. The number of ether oxygens (including phenoxy) is 1. The van der Waals surface area contributed by atoms with E-state index < -0.39 is 0 Å². The van der Waals surface area contributed by atoms with Gasteiger partial charge in [-0.2, -0.15) is 0 Å². The Balaban J connectivity index is 1.60. The van der Waals surface area contributed by atoms with Crippen molar-refractivity contribution < 1.29 is 9.13 Å². The Morgan fingerprint density at radius 1 is 1.27 bits per heavy atom. The molecule has 22 heavy (non-hydrogen) atoms. The second kappa shape index (κ2) is 6.10. The van der Waals surface area contributed by atoms with Crippen LogP contribution in [0.4, 0.5) is 10.1 Å². The molecule has 0 N–H and O–H groups in total.